The fraction of sp³-hybridized carbons (Fsp3) is 0.500. The van der Waals surface area contributed by atoms with Crippen molar-refractivity contribution in [1.82, 2.24) is 0 Å². The Bertz CT molecular complexity index is 886. The summed E-state index contributed by atoms with van der Waals surface area (Å²) in [5, 5.41) is 29.1. The molecule has 0 aromatic carbocycles. The summed E-state index contributed by atoms with van der Waals surface area (Å²) >= 11 is 0. The number of carboxylic acids is 4. The van der Waals surface area contributed by atoms with Crippen molar-refractivity contribution in [2.24, 2.45) is 0 Å². The van der Waals surface area contributed by atoms with Gasteiger partial charge in [0, 0.05) is 0 Å². The van der Waals surface area contributed by atoms with Crippen LogP contribution in [0.4, 0.5) is 0 Å². The molecule has 20 heteroatoms. The number of carbonyl (C=O) groups excluding carboxylic acids is 2. The Labute approximate surface area is 268 Å². The van der Waals surface area contributed by atoms with Gasteiger partial charge in [0.05, 0.1) is 25.7 Å². The van der Waals surface area contributed by atoms with Gasteiger partial charge in [-0.15, -0.1) is 0 Å². The van der Waals surface area contributed by atoms with Crippen molar-refractivity contribution in [1.29, 1.82) is 0 Å². The normalized spacial score (nSPS) is 12.6. The van der Waals surface area contributed by atoms with Gasteiger partial charge in [0.25, 0.3) is 0 Å². The first-order chi connectivity index (χ1) is 13.5. The van der Waals surface area contributed by atoms with Crippen molar-refractivity contribution in [3.8, 4) is 0 Å². The van der Waals surface area contributed by atoms with E-state index in [2.05, 4.69) is 8.37 Å². The molecule has 16 nitrogen and oxygen atoms in total. The topological polar surface area (TPSA) is 270 Å². The predicted octanol–water partition coefficient (Wildman–Crippen LogP) is -8.40. The second kappa shape index (κ2) is 15.8. The average Bonchev–Trinajstić information content (AvgIpc) is 2.53. The quantitative estimate of drug-likeness (QED) is 0.121. The molecule has 4 N–H and O–H groups in total. The van der Waals surface area contributed by atoms with Crippen LogP contribution in [0.1, 0.15) is 28.5 Å². The second-order valence-electron chi connectivity index (χ2n) is 5.25. The fourth-order valence-corrected chi connectivity index (χ4v) is 3.71. The van der Waals surface area contributed by atoms with E-state index >= 15 is 0 Å². The minimum atomic E-state index is -5.28. The molecular formula is C12H16K2O16S2. The van der Waals surface area contributed by atoms with Gasteiger partial charge in [-0.2, -0.15) is 16.8 Å². The maximum Gasteiger partial charge on any atom is 1.00 e. The van der Waals surface area contributed by atoms with E-state index in [1.165, 1.54) is 0 Å². The Balaban J connectivity index is -0.000000701. The Morgan fingerprint density at radius 3 is 1.06 bits per heavy atom. The van der Waals surface area contributed by atoms with Gasteiger partial charge in [0.1, 0.15) is 0 Å². The SMILES string of the molecule is O=C(O)CC(C(=O)O)S(=O)(=O)OC(=O)CCC(=O)OS(=O)(=O)C(CC(=O)O)C(=O)O.[H-].[H-].[K+].[K+]. The van der Waals surface area contributed by atoms with Crippen LogP contribution >= 0.6 is 0 Å². The second-order valence-corrected chi connectivity index (χ2v) is 8.69. The first-order valence-corrected chi connectivity index (χ1v) is 10.2. The van der Waals surface area contributed by atoms with Crippen LogP contribution in [0.25, 0.3) is 0 Å². The molecule has 0 aliphatic rings. The summed E-state index contributed by atoms with van der Waals surface area (Å²) < 4.78 is 54.2. The molecule has 0 amide bonds. The molecule has 0 aromatic heterocycles. The van der Waals surface area contributed by atoms with Crippen molar-refractivity contribution in [3.05, 3.63) is 0 Å². The summed E-state index contributed by atoms with van der Waals surface area (Å²) in [5.41, 5.74) is 0. The minimum Gasteiger partial charge on any atom is -1.00 e. The largest absolute Gasteiger partial charge is 1.00 e. The Hall–Kier alpha value is -0.00727. The van der Waals surface area contributed by atoms with Gasteiger partial charge < -0.3 is 31.6 Å². The predicted molar refractivity (Wildman–Crippen MR) is 88.8 cm³/mol. The zero-order valence-electron chi connectivity index (χ0n) is 18.5. The molecule has 2 unspecified atom stereocenters. The van der Waals surface area contributed by atoms with Crippen LogP contribution in [-0.4, -0.2) is 83.6 Å². The van der Waals surface area contributed by atoms with Gasteiger partial charge in [-0.3, -0.25) is 28.8 Å². The number of aliphatic carboxylic acids is 4. The molecule has 2 atom stereocenters. The van der Waals surface area contributed by atoms with E-state index in [4.69, 9.17) is 20.4 Å². The smallest absolute Gasteiger partial charge is 1.00 e. The maximum absolute atomic E-state index is 11.6. The molecule has 174 valence electrons. The molecule has 0 heterocycles. The van der Waals surface area contributed by atoms with Crippen LogP contribution < -0.4 is 103 Å². The number of rotatable bonds is 13. The molecule has 0 spiro atoms. The molecule has 32 heavy (non-hydrogen) atoms. The molecule has 0 aliphatic heterocycles. The van der Waals surface area contributed by atoms with Crippen molar-refractivity contribution in [2.45, 2.75) is 36.2 Å². The van der Waals surface area contributed by atoms with Crippen molar-refractivity contribution in [3.63, 3.8) is 0 Å². The molecular weight excluding hydrogens is 542 g/mol. The molecule has 0 radical (unpaired) electrons. The van der Waals surface area contributed by atoms with Gasteiger partial charge in [-0.05, 0) is 0 Å². The standard InChI is InChI=1S/C12H14O16S2.2K.2H/c13-7(14)3-5(11(19)20)29(23,24)27-9(17)1-2-10(18)28-30(25,26)6(12(21)22)4-8(15)16;;;;/h5-6H,1-4H2,(H,13,14)(H,15,16)(H,19,20)(H,21,22);;;;/q;2*+1;2*-1. The monoisotopic (exact) mass is 558 g/mol. The van der Waals surface area contributed by atoms with Crippen LogP contribution in [0.3, 0.4) is 0 Å². The van der Waals surface area contributed by atoms with Gasteiger partial charge in [0.15, 0.2) is 0 Å². The molecule has 0 rings (SSSR count). The average molecular weight is 559 g/mol. The first kappa shape index (κ1) is 36.6. The zero-order chi connectivity index (χ0) is 23.9. The van der Waals surface area contributed by atoms with Crippen molar-refractivity contribution in [2.75, 3.05) is 0 Å². The molecule has 0 fully saturated rings. The van der Waals surface area contributed by atoms with Gasteiger partial charge in [0.2, 0.25) is 10.5 Å². The molecule has 0 saturated carbocycles. The molecule has 0 aromatic rings. The van der Waals surface area contributed by atoms with Gasteiger partial charge >= 0.3 is 159 Å². The third kappa shape index (κ3) is 13.6. The third-order valence-corrected chi connectivity index (χ3v) is 5.89. The van der Waals surface area contributed by atoms with Crippen LogP contribution in [0.2, 0.25) is 0 Å². The summed E-state index contributed by atoms with van der Waals surface area (Å²) in [5.74, 6) is -11.5. The van der Waals surface area contributed by atoms with E-state index in [1.54, 1.807) is 0 Å². The Morgan fingerprint density at radius 2 is 0.875 bits per heavy atom. The summed E-state index contributed by atoms with van der Waals surface area (Å²) in [6.45, 7) is 0. The summed E-state index contributed by atoms with van der Waals surface area (Å²) in [6.07, 6.45) is -5.29. The maximum atomic E-state index is 11.6. The summed E-state index contributed by atoms with van der Waals surface area (Å²) in [7, 11) is -10.6. The summed E-state index contributed by atoms with van der Waals surface area (Å²) in [4.78, 5) is 65.5. The Morgan fingerprint density at radius 1 is 0.625 bits per heavy atom. The number of hydrogen-bond acceptors (Lipinski definition) is 12. The molecule has 0 aliphatic carbocycles. The van der Waals surface area contributed by atoms with Crippen LogP contribution in [-0.2, 0) is 57.4 Å². The molecule has 0 saturated heterocycles. The third-order valence-electron chi connectivity index (χ3n) is 2.92. The summed E-state index contributed by atoms with van der Waals surface area (Å²) in [6, 6.07) is 0. The first-order valence-electron chi connectivity index (χ1n) is 7.31. The van der Waals surface area contributed by atoms with E-state index in [-0.39, 0.29) is 106 Å². The molecule has 0 bridgehead atoms. The minimum absolute atomic E-state index is 0. The zero-order valence-corrected chi connectivity index (χ0v) is 24.4. The Kier molecular flexibility index (Phi) is 18.1. The van der Waals surface area contributed by atoms with E-state index in [9.17, 15) is 45.6 Å². The van der Waals surface area contributed by atoms with E-state index in [1.807, 2.05) is 0 Å². The fourth-order valence-electron chi connectivity index (χ4n) is 1.61. The van der Waals surface area contributed by atoms with Crippen LogP contribution in [0.5, 0.6) is 0 Å². The van der Waals surface area contributed by atoms with E-state index in [0.717, 1.165) is 0 Å². The van der Waals surface area contributed by atoms with Crippen LogP contribution in [0, 0.1) is 0 Å². The van der Waals surface area contributed by atoms with Gasteiger partial charge in [-0.1, -0.05) is 0 Å². The number of carboxylic acid groups (broad SMARTS) is 4. The van der Waals surface area contributed by atoms with Crippen molar-refractivity contribution >= 4 is 56.1 Å². The van der Waals surface area contributed by atoms with Crippen LogP contribution in [0.15, 0.2) is 0 Å². The van der Waals surface area contributed by atoms with Crippen molar-refractivity contribution < 1.29 is 180 Å². The number of hydrogen-bond donors (Lipinski definition) is 4. The van der Waals surface area contributed by atoms with E-state index < -0.39 is 92.2 Å². The van der Waals surface area contributed by atoms with Gasteiger partial charge in [-0.25, -0.2) is 0 Å². The van der Waals surface area contributed by atoms with E-state index in [0.29, 0.717) is 0 Å². The number of carbonyl (C=O) groups is 6.